The first-order valence-corrected chi connectivity index (χ1v) is 9.82. The average Bonchev–Trinajstić information content (AvgIpc) is 3.27. The van der Waals surface area contributed by atoms with E-state index in [9.17, 15) is 4.79 Å². The Bertz CT molecular complexity index is 1170. The van der Waals surface area contributed by atoms with Gasteiger partial charge in [0.25, 0.3) is 0 Å². The Hall–Kier alpha value is -3.28. The molecule has 29 heavy (non-hydrogen) atoms. The molecule has 1 atom stereocenters. The minimum absolute atomic E-state index is 0.0453. The largest absolute Gasteiger partial charge is 0.496 e. The lowest BCUT2D eigenvalue weighted by Gasteiger charge is -2.22. The molecule has 0 aliphatic heterocycles. The third kappa shape index (κ3) is 3.46. The van der Waals surface area contributed by atoms with E-state index in [-0.39, 0.29) is 24.4 Å². The quantitative estimate of drug-likeness (QED) is 0.540. The van der Waals surface area contributed by atoms with Crippen LogP contribution in [0.1, 0.15) is 25.7 Å². The molecule has 0 radical (unpaired) electrons. The summed E-state index contributed by atoms with van der Waals surface area (Å²) in [5.74, 6) is 1.84. The zero-order chi connectivity index (χ0) is 20.5. The fourth-order valence-corrected chi connectivity index (χ4v) is 3.86. The number of hydrogen-bond acceptors (Lipinski definition) is 3. The van der Waals surface area contributed by atoms with Gasteiger partial charge in [-0.1, -0.05) is 32.0 Å². The first-order chi connectivity index (χ1) is 14.0. The van der Waals surface area contributed by atoms with Crippen LogP contribution in [0.15, 0.2) is 54.7 Å². The van der Waals surface area contributed by atoms with Crippen LogP contribution in [0.25, 0.3) is 21.9 Å². The molecule has 2 heterocycles. The van der Waals surface area contributed by atoms with Crippen molar-refractivity contribution in [3.05, 3.63) is 60.6 Å². The van der Waals surface area contributed by atoms with Gasteiger partial charge in [0.15, 0.2) is 0 Å². The van der Waals surface area contributed by atoms with Crippen LogP contribution in [-0.4, -0.2) is 27.1 Å². The van der Waals surface area contributed by atoms with Gasteiger partial charge in [0.2, 0.25) is 5.91 Å². The van der Waals surface area contributed by atoms with Gasteiger partial charge in [-0.05, 0) is 36.2 Å². The number of hydrogen-bond donors (Lipinski definition) is 1. The summed E-state index contributed by atoms with van der Waals surface area (Å²) in [5, 5.41) is 4.19. The van der Waals surface area contributed by atoms with Crippen molar-refractivity contribution in [2.24, 2.45) is 13.0 Å². The van der Waals surface area contributed by atoms with Gasteiger partial charge in [0, 0.05) is 18.6 Å². The van der Waals surface area contributed by atoms with Crippen LogP contribution in [0.2, 0.25) is 0 Å². The smallest absolute Gasteiger partial charge is 0.240 e. The number of nitrogens with zero attached hydrogens (tertiary/aromatic N) is 3. The lowest BCUT2D eigenvalue weighted by Crippen LogP contribution is -2.35. The van der Waals surface area contributed by atoms with E-state index in [1.807, 2.05) is 66.3 Å². The van der Waals surface area contributed by atoms with Crippen LogP contribution in [0.5, 0.6) is 5.75 Å². The van der Waals surface area contributed by atoms with Crippen LogP contribution >= 0.6 is 0 Å². The molecule has 0 aliphatic rings. The molecule has 1 unspecified atom stereocenters. The number of nitrogens with one attached hydrogen (secondary N) is 1. The van der Waals surface area contributed by atoms with Crippen molar-refractivity contribution < 1.29 is 9.53 Å². The second-order valence-electron chi connectivity index (χ2n) is 7.64. The third-order valence-corrected chi connectivity index (χ3v) is 5.39. The van der Waals surface area contributed by atoms with E-state index in [0.29, 0.717) is 0 Å². The summed E-state index contributed by atoms with van der Waals surface area (Å²) in [6.45, 7) is 4.43. The number of aryl methyl sites for hydroxylation is 1. The van der Waals surface area contributed by atoms with Crippen molar-refractivity contribution in [2.45, 2.75) is 26.4 Å². The maximum atomic E-state index is 12.9. The van der Waals surface area contributed by atoms with E-state index in [1.165, 1.54) is 0 Å². The number of fused-ring (bicyclic) bond motifs is 2. The Morgan fingerprint density at radius 3 is 2.59 bits per heavy atom. The maximum Gasteiger partial charge on any atom is 0.240 e. The van der Waals surface area contributed by atoms with E-state index < -0.39 is 0 Å². The third-order valence-electron chi connectivity index (χ3n) is 5.39. The fraction of sp³-hybridized carbons (Fsp3) is 0.304. The van der Waals surface area contributed by atoms with Crippen molar-refractivity contribution >= 4 is 27.8 Å². The first-order valence-electron chi connectivity index (χ1n) is 9.82. The number of amides is 1. The number of ether oxygens (including phenoxy) is 1. The van der Waals surface area contributed by atoms with Crippen molar-refractivity contribution in [3.8, 4) is 5.75 Å². The highest BCUT2D eigenvalue weighted by molar-refractivity contribution is 5.88. The number of rotatable bonds is 6. The predicted octanol–water partition coefficient (Wildman–Crippen LogP) is 4.05. The molecule has 2 aromatic heterocycles. The Kier molecular flexibility index (Phi) is 5.01. The van der Waals surface area contributed by atoms with E-state index in [4.69, 9.17) is 9.72 Å². The molecule has 6 heteroatoms. The SMILES string of the molecule is COc1cccc2c1ccn2CC(=O)NC(c1nc2ccccc2n1C)C(C)C. The summed E-state index contributed by atoms with van der Waals surface area (Å²) in [5.41, 5.74) is 2.97. The number of para-hydroxylation sites is 2. The van der Waals surface area contributed by atoms with E-state index in [0.717, 1.165) is 33.5 Å². The lowest BCUT2D eigenvalue weighted by molar-refractivity contribution is -0.122. The van der Waals surface area contributed by atoms with Crippen LogP contribution in [0.3, 0.4) is 0 Å². The summed E-state index contributed by atoms with van der Waals surface area (Å²) in [6.07, 6.45) is 1.92. The Labute approximate surface area is 170 Å². The zero-order valence-electron chi connectivity index (χ0n) is 17.2. The van der Waals surface area contributed by atoms with E-state index in [2.05, 4.69) is 23.7 Å². The summed E-state index contributed by atoms with van der Waals surface area (Å²) in [7, 11) is 3.65. The number of benzene rings is 2. The molecule has 4 aromatic rings. The number of imidazole rings is 1. The standard InChI is InChI=1S/C23H26N4O2/c1-15(2)22(23-24-17-8-5-6-9-19(17)26(23)3)25-21(28)14-27-13-12-16-18(27)10-7-11-20(16)29-4/h5-13,15,22H,14H2,1-4H3,(H,25,28). The molecule has 0 aliphatic carbocycles. The van der Waals surface area contributed by atoms with Gasteiger partial charge in [0.1, 0.15) is 18.1 Å². The lowest BCUT2D eigenvalue weighted by atomic mass is 10.0. The highest BCUT2D eigenvalue weighted by Gasteiger charge is 2.24. The van der Waals surface area contributed by atoms with Gasteiger partial charge < -0.3 is 19.2 Å². The van der Waals surface area contributed by atoms with E-state index >= 15 is 0 Å². The molecule has 1 amide bonds. The van der Waals surface area contributed by atoms with E-state index in [1.54, 1.807) is 7.11 Å². The number of carbonyl (C=O) groups excluding carboxylic acids is 1. The normalized spacial score (nSPS) is 12.6. The molecule has 2 aromatic carbocycles. The molecule has 0 spiro atoms. The van der Waals surface area contributed by atoms with Crippen molar-refractivity contribution in [2.75, 3.05) is 7.11 Å². The molecule has 0 saturated heterocycles. The number of methoxy groups -OCH3 is 1. The van der Waals surface area contributed by atoms with Gasteiger partial charge in [-0.15, -0.1) is 0 Å². The number of carbonyl (C=O) groups is 1. The molecular formula is C23H26N4O2. The van der Waals surface area contributed by atoms with Gasteiger partial charge in [0.05, 0.1) is 29.7 Å². The van der Waals surface area contributed by atoms with Crippen LogP contribution in [0, 0.1) is 5.92 Å². The van der Waals surface area contributed by atoms with Gasteiger partial charge in [-0.3, -0.25) is 4.79 Å². The summed E-state index contributed by atoms with van der Waals surface area (Å²) in [4.78, 5) is 17.7. The Morgan fingerprint density at radius 2 is 1.86 bits per heavy atom. The van der Waals surface area contributed by atoms with Crippen molar-refractivity contribution in [1.29, 1.82) is 0 Å². The predicted molar refractivity (Wildman–Crippen MR) is 115 cm³/mol. The second kappa shape index (κ2) is 7.62. The van der Waals surface area contributed by atoms with Gasteiger partial charge >= 0.3 is 0 Å². The monoisotopic (exact) mass is 390 g/mol. The molecule has 0 fully saturated rings. The zero-order valence-corrected chi connectivity index (χ0v) is 17.2. The van der Waals surface area contributed by atoms with Crippen molar-refractivity contribution in [3.63, 3.8) is 0 Å². The maximum absolute atomic E-state index is 12.9. The molecular weight excluding hydrogens is 364 g/mol. The van der Waals surface area contributed by atoms with Crippen LogP contribution < -0.4 is 10.1 Å². The summed E-state index contributed by atoms with van der Waals surface area (Å²) >= 11 is 0. The summed E-state index contributed by atoms with van der Waals surface area (Å²) in [6, 6.07) is 15.7. The molecule has 0 bridgehead atoms. The minimum Gasteiger partial charge on any atom is -0.496 e. The molecule has 0 saturated carbocycles. The minimum atomic E-state index is -0.170. The summed E-state index contributed by atoms with van der Waals surface area (Å²) < 4.78 is 9.43. The fourth-order valence-electron chi connectivity index (χ4n) is 3.86. The van der Waals surface area contributed by atoms with Gasteiger partial charge in [-0.25, -0.2) is 4.98 Å². The van der Waals surface area contributed by atoms with Crippen LogP contribution in [0.4, 0.5) is 0 Å². The average molecular weight is 390 g/mol. The van der Waals surface area contributed by atoms with Crippen molar-refractivity contribution in [1.82, 2.24) is 19.4 Å². The van der Waals surface area contributed by atoms with Crippen LogP contribution in [-0.2, 0) is 18.4 Å². The first kappa shape index (κ1) is 19.1. The Balaban J connectivity index is 1.59. The molecule has 150 valence electrons. The highest BCUT2D eigenvalue weighted by atomic mass is 16.5. The highest BCUT2D eigenvalue weighted by Crippen LogP contribution is 2.27. The number of aromatic nitrogens is 3. The second-order valence-corrected chi connectivity index (χ2v) is 7.64. The van der Waals surface area contributed by atoms with Gasteiger partial charge in [-0.2, -0.15) is 0 Å². The Morgan fingerprint density at radius 1 is 1.10 bits per heavy atom. The molecule has 1 N–H and O–H groups in total. The molecule has 6 nitrogen and oxygen atoms in total. The molecule has 4 rings (SSSR count). The topological polar surface area (TPSA) is 61.1 Å².